The highest BCUT2D eigenvalue weighted by Gasteiger charge is 2.62. The van der Waals surface area contributed by atoms with Gasteiger partial charge in [0.25, 0.3) is 0 Å². The average molecular weight is 259 g/mol. The lowest BCUT2D eigenvalue weighted by Crippen LogP contribution is -2.46. The van der Waals surface area contributed by atoms with Gasteiger partial charge in [0.15, 0.2) is 0 Å². The second-order valence-electron chi connectivity index (χ2n) is 3.30. The molecule has 96 valence electrons. The number of phenolic OH excluding ortho intramolecular Hbond substituents is 1. The summed E-state index contributed by atoms with van der Waals surface area (Å²) in [7, 11) is 0. The molecule has 1 rings (SSSR count). The van der Waals surface area contributed by atoms with E-state index in [0.29, 0.717) is 12.1 Å². The Morgan fingerprint density at radius 3 is 2.06 bits per heavy atom. The fourth-order valence-corrected chi connectivity index (χ4v) is 1.14. The van der Waals surface area contributed by atoms with Gasteiger partial charge in [-0.15, -0.1) is 0 Å². The van der Waals surface area contributed by atoms with Gasteiger partial charge in [0.2, 0.25) is 0 Å². The van der Waals surface area contributed by atoms with Crippen molar-refractivity contribution in [3.8, 4) is 5.75 Å². The van der Waals surface area contributed by atoms with Crippen LogP contribution in [-0.4, -0.2) is 17.2 Å². The molecule has 1 atom stereocenters. The highest BCUT2D eigenvalue weighted by molar-refractivity contribution is 5.31. The molecule has 3 N–H and O–H groups in total. The van der Waals surface area contributed by atoms with Crippen LogP contribution >= 0.6 is 0 Å². The van der Waals surface area contributed by atoms with E-state index in [0.717, 1.165) is 6.07 Å². The van der Waals surface area contributed by atoms with Gasteiger partial charge in [-0.05, 0) is 6.07 Å². The van der Waals surface area contributed by atoms with Crippen LogP contribution < -0.4 is 5.73 Å². The molecule has 0 aliphatic rings. The summed E-state index contributed by atoms with van der Waals surface area (Å²) in [6.45, 7) is 0. The lowest BCUT2D eigenvalue weighted by atomic mass is 10.0. The van der Waals surface area contributed by atoms with E-state index in [1.165, 1.54) is 0 Å². The van der Waals surface area contributed by atoms with Gasteiger partial charge in [0.05, 0.1) is 0 Å². The number of hydrogen-bond acceptors (Lipinski definition) is 2. The van der Waals surface area contributed by atoms with Crippen molar-refractivity contribution in [1.82, 2.24) is 0 Å². The van der Waals surface area contributed by atoms with E-state index in [-0.39, 0.29) is 0 Å². The fraction of sp³-hybridized carbons (Fsp3) is 0.333. The Balaban J connectivity index is 3.17. The van der Waals surface area contributed by atoms with Crippen molar-refractivity contribution in [2.24, 2.45) is 5.73 Å². The normalized spacial score (nSPS) is 14.8. The largest absolute Gasteiger partial charge is 0.508 e. The van der Waals surface area contributed by atoms with Crippen molar-refractivity contribution >= 4 is 0 Å². The summed E-state index contributed by atoms with van der Waals surface area (Å²) in [5, 5.41) is 8.79. The van der Waals surface area contributed by atoms with E-state index in [2.05, 4.69) is 0 Å². The van der Waals surface area contributed by atoms with Gasteiger partial charge in [0.1, 0.15) is 17.6 Å². The third-order valence-electron chi connectivity index (χ3n) is 2.09. The highest BCUT2D eigenvalue weighted by Crippen LogP contribution is 2.43. The molecule has 0 heterocycles. The topological polar surface area (TPSA) is 46.2 Å². The predicted molar refractivity (Wildman–Crippen MR) is 46.0 cm³/mol. The molecule has 0 aromatic heterocycles. The lowest BCUT2D eigenvalue weighted by Gasteiger charge is -2.26. The number of alkyl halides is 5. The van der Waals surface area contributed by atoms with Crippen LogP contribution in [0.4, 0.5) is 26.3 Å². The van der Waals surface area contributed by atoms with Crippen molar-refractivity contribution < 1.29 is 31.4 Å². The first-order valence-electron chi connectivity index (χ1n) is 4.26. The van der Waals surface area contributed by atoms with E-state index >= 15 is 0 Å². The Bertz CT molecular complexity index is 416. The Morgan fingerprint density at radius 1 is 1.12 bits per heavy atom. The van der Waals surface area contributed by atoms with Crippen LogP contribution in [0, 0.1) is 5.82 Å². The van der Waals surface area contributed by atoms with Crippen molar-refractivity contribution in [2.45, 2.75) is 18.1 Å². The number of hydrogen-bond donors (Lipinski definition) is 2. The van der Waals surface area contributed by atoms with E-state index in [1.807, 2.05) is 0 Å². The van der Waals surface area contributed by atoms with E-state index in [4.69, 9.17) is 10.8 Å². The minimum atomic E-state index is -5.88. The Labute approximate surface area is 91.7 Å². The van der Waals surface area contributed by atoms with Crippen molar-refractivity contribution in [2.75, 3.05) is 0 Å². The number of aromatic hydroxyl groups is 1. The monoisotopic (exact) mass is 259 g/mol. The molecule has 1 aromatic carbocycles. The first kappa shape index (κ1) is 13.6. The van der Waals surface area contributed by atoms with Crippen LogP contribution in [0.1, 0.15) is 11.6 Å². The Morgan fingerprint density at radius 2 is 1.65 bits per heavy atom. The second kappa shape index (κ2) is 4.10. The molecule has 0 unspecified atom stereocenters. The summed E-state index contributed by atoms with van der Waals surface area (Å²) in [5.41, 5.74) is 3.70. The zero-order valence-corrected chi connectivity index (χ0v) is 8.10. The molecule has 1 aromatic rings. The zero-order chi connectivity index (χ0) is 13.4. The van der Waals surface area contributed by atoms with Crippen LogP contribution in [-0.2, 0) is 0 Å². The molecule has 0 radical (unpaired) electrons. The number of benzene rings is 1. The first-order chi connectivity index (χ1) is 7.57. The van der Waals surface area contributed by atoms with Gasteiger partial charge in [-0.2, -0.15) is 22.0 Å². The first-order valence-corrected chi connectivity index (χ1v) is 4.26. The van der Waals surface area contributed by atoms with Crippen molar-refractivity contribution in [1.29, 1.82) is 0 Å². The SMILES string of the molecule is N[C@H](c1ccc(O)cc1F)C(F)(F)C(F)(F)F. The molecular formula is C9H7F6NO. The predicted octanol–water partition coefficient (Wildman–Crippen LogP) is 2.73. The van der Waals surface area contributed by atoms with Crippen LogP contribution in [0.15, 0.2) is 18.2 Å². The summed E-state index contributed by atoms with van der Waals surface area (Å²) in [5.74, 6) is -7.29. The number of phenols is 1. The number of nitrogens with two attached hydrogens (primary N) is 1. The third-order valence-corrected chi connectivity index (χ3v) is 2.09. The molecule has 0 fully saturated rings. The van der Waals surface area contributed by atoms with E-state index < -0.39 is 35.3 Å². The van der Waals surface area contributed by atoms with Gasteiger partial charge < -0.3 is 10.8 Å². The fourth-order valence-electron chi connectivity index (χ4n) is 1.14. The minimum absolute atomic E-state index is 0.404. The van der Waals surface area contributed by atoms with Crippen LogP contribution in [0.3, 0.4) is 0 Å². The number of halogens is 6. The van der Waals surface area contributed by atoms with Crippen LogP contribution in [0.5, 0.6) is 5.75 Å². The summed E-state index contributed by atoms with van der Waals surface area (Å²) < 4.78 is 74.6. The van der Waals surface area contributed by atoms with E-state index in [1.54, 1.807) is 0 Å². The Hall–Kier alpha value is -1.44. The average Bonchev–Trinajstić information content (AvgIpc) is 2.14. The highest BCUT2D eigenvalue weighted by atomic mass is 19.4. The van der Waals surface area contributed by atoms with Gasteiger partial charge in [-0.25, -0.2) is 4.39 Å². The number of rotatable bonds is 2. The summed E-state index contributed by atoms with van der Waals surface area (Å²) in [4.78, 5) is 0. The quantitative estimate of drug-likeness (QED) is 0.802. The van der Waals surface area contributed by atoms with Crippen LogP contribution in [0.2, 0.25) is 0 Å². The molecule has 0 aliphatic carbocycles. The smallest absolute Gasteiger partial charge is 0.455 e. The van der Waals surface area contributed by atoms with Crippen LogP contribution in [0.25, 0.3) is 0 Å². The summed E-state index contributed by atoms with van der Waals surface area (Å²) in [6.07, 6.45) is -5.88. The molecule has 8 heteroatoms. The second-order valence-corrected chi connectivity index (χ2v) is 3.30. The maximum Gasteiger partial charge on any atom is 0.455 e. The molecule has 0 bridgehead atoms. The molecule has 0 saturated carbocycles. The maximum absolute atomic E-state index is 13.1. The van der Waals surface area contributed by atoms with Crippen molar-refractivity contribution in [3.05, 3.63) is 29.6 Å². The summed E-state index contributed by atoms with van der Waals surface area (Å²) >= 11 is 0. The Kier molecular flexibility index (Phi) is 3.28. The molecule has 2 nitrogen and oxygen atoms in total. The van der Waals surface area contributed by atoms with Gasteiger partial charge in [0, 0.05) is 11.6 Å². The molecule has 0 saturated heterocycles. The van der Waals surface area contributed by atoms with E-state index in [9.17, 15) is 26.3 Å². The van der Waals surface area contributed by atoms with Gasteiger partial charge in [-0.1, -0.05) is 6.07 Å². The molecule has 0 aliphatic heterocycles. The molecule has 0 amide bonds. The molecule has 17 heavy (non-hydrogen) atoms. The minimum Gasteiger partial charge on any atom is -0.508 e. The summed E-state index contributed by atoms with van der Waals surface area (Å²) in [6, 6.07) is -1.12. The molecule has 0 spiro atoms. The lowest BCUT2D eigenvalue weighted by molar-refractivity contribution is -0.291. The van der Waals surface area contributed by atoms with Crippen molar-refractivity contribution in [3.63, 3.8) is 0 Å². The van der Waals surface area contributed by atoms with Gasteiger partial charge >= 0.3 is 12.1 Å². The third kappa shape index (κ3) is 2.46. The maximum atomic E-state index is 13.1. The van der Waals surface area contributed by atoms with Gasteiger partial charge in [-0.3, -0.25) is 0 Å². The molecular weight excluding hydrogens is 252 g/mol. The zero-order valence-electron chi connectivity index (χ0n) is 8.10. The standard InChI is InChI=1S/C9H7F6NO/c10-6-3-4(17)1-2-5(6)7(16)8(11,12)9(13,14)15/h1-3,7,17H,16H2/t7-/m1/s1.